The molecule has 4 aromatic carbocycles. The van der Waals surface area contributed by atoms with E-state index in [9.17, 15) is 71.7 Å². The van der Waals surface area contributed by atoms with Gasteiger partial charge in [0.05, 0.1) is 36.0 Å². The Kier molecular flexibility index (Phi) is 25.6. The number of hydrogen-bond acceptors (Lipinski definition) is 21. The third-order valence-corrected chi connectivity index (χ3v) is 19.6. The van der Waals surface area contributed by atoms with Crippen molar-refractivity contribution in [2.45, 2.75) is 178 Å². The van der Waals surface area contributed by atoms with Crippen LogP contribution in [0.25, 0.3) is 6.08 Å². The van der Waals surface area contributed by atoms with Crippen LogP contribution in [0.5, 0.6) is 0 Å². The number of unbranched alkanes of at least 4 members (excludes halogenated alkanes) is 1. The van der Waals surface area contributed by atoms with Crippen LogP contribution in [0.2, 0.25) is 0 Å². The summed E-state index contributed by atoms with van der Waals surface area (Å²) in [7, 11) is 0. The number of aliphatic hydroxyl groups is 2. The number of hydrogen-bond donors (Lipinski definition) is 9. The van der Waals surface area contributed by atoms with Gasteiger partial charge < -0.3 is 76.7 Å². The Morgan fingerprint density at radius 2 is 1.36 bits per heavy atom. The fourth-order valence-electron chi connectivity index (χ4n) is 14.0. The molecule has 8 rings (SSSR count). The minimum Gasteiger partial charge on any atom is -0.455 e. The summed E-state index contributed by atoms with van der Waals surface area (Å²) in [6.07, 6.45) is -11.3. The molecule has 104 heavy (non-hydrogen) atoms. The molecular formula is C74H85F2N7O21. The highest BCUT2D eigenvalue weighted by atomic mass is 19.1. The zero-order valence-corrected chi connectivity index (χ0v) is 58.2. The van der Waals surface area contributed by atoms with Crippen LogP contribution in [0.4, 0.5) is 8.78 Å². The van der Waals surface area contributed by atoms with Gasteiger partial charge in [0.2, 0.25) is 41.5 Å². The summed E-state index contributed by atoms with van der Waals surface area (Å²) < 4.78 is 64.2. The van der Waals surface area contributed by atoms with E-state index in [0.717, 1.165) is 38.1 Å². The molecule has 28 nitrogen and oxygen atoms in total. The molecule has 2 saturated carbocycles. The van der Waals surface area contributed by atoms with Crippen molar-refractivity contribution in [1.29, 1.82) is 0 Å². The number of halogens is 2. The van der Waals surface area contributed by atoms with Crippen LogP contribution in [0.1, 0.15) is 144 Å². The molecule has 3 aliphatic carbocycles. The Morgan fingerprint density at radius 1 is 0.731 bits per heavy atom. The molecule has 2 unspecified atom stereocenters. The molecule has 0 spiro atoms. The Morgan fingerprint density at radius 3 is 1.95 bits per heavy atom. The van der Waals surface area contributed by atoms with Crippen molar-refractivity contribution < 1.29 is 110 Å². The van der Waals surface area contributed by atoms with E-state index >= 15 is 9.59 Å². The number of aliphatic hydroxyl groups excluding tert-OH is 1. The molecule has 2 bridgehead atoms. The van der Waals surface area contributed by atoms with Gasteiger partial charge in [-0.1, -0.05) is 80.6 Å². The van der Waals surface area contributed by atoms with Crippen LogP contribution in [0.3, 0.4) is 0 Å². The van der Waals surface area contributed by atoms with Crippen molar-refractivity contribution in [2.24, 2.45) is 28.2 Å². The van der Waals surface area contributed by atoms with E-state index in [1.54, 1.807) is 54.6 Å². The number of primary amides is 2. The number of nitrogens with two attached hydrogens (primary N) is 2. The second kappa shape index (κ2) is 33.7. The van der Waals surface area contributed by atoms with E-state index in [-0.39, 0.29) is 72.0 Å². The molecule has 1 saturated heterocycles. The maximum Gasteiger partial charge on any atom is 0.350 e. The van der Waals surface area contributed by atoms with Gasteiger partial charge in [0.1, 0.15) is 59.7 Å². The van der Waals surface area contributed by atoms with Crippen LogP contribution in [-0.2, 0) is 81.2 Å². The second-order valence-corrected chi connectivity index (χ2v) is 26.9. The van der Waals surface area contributed by atoms with Crippen molar-refractivity contribution >= 4 is 83.1 Å². The topological polar surface area (TPSA) is 430 Å². The maximum absolute atomic E-state index is 15.9. The highest BCUT2D eigenvalue weighted by Gasteiger charge is 2.78. The average Bonchev–Trinajstić information content (AvgIpc) is 0.669. The van der Waals surface area contributed by atoms with Gasteiger partial charge in [-0.2, -0.15) is 0 Å². The van der Waals surface area contributed by atoms with E-state index < -0.39 is 210 Å². The predicted molar refractivity (Wildman–Crippen MR) is 362 cm³/mol. The van der Waals surface area contributed by atoms with Crippen LogP contribution in [-0.4, -0.2) is 166 Å². The molecule has 4 aliphatic rings. The first kappa shape index (κ1) is 79.1. The van der Waals surface area contributed by atoms with Crippen LogP contribution < -0.4 is 38.1 Å². The van der Waals surface area contributed by atoms with Gasteiger partial charge in [-0.05, 0) is 106 Å². The highest BCUT2D eigenvalue weighted by molar-refractivity contribution is 5.98. The van der Waals surface area contributed by atoms with Crippen molar-refractivity contribution in [1.82, 2.24) is 26.6 Å². The quantitative estimate of drug-likeness (QED) is 0.0118. The summed E-state index contributed by atoms with van der Waals surface area (Å²) >= 11 is 0. The highest BCUT2D eigenvalue weighted by Crippen LogP contribution is 2.64. The number of ketones is 1. The summed E-state index contributed by atoms with van der Waals surface area (Å²) in [6.45, 7) is 8.73. The third kappa shape index (κ3) is 17.9. The average molecular weight is 1450 g/mol. The first-order valence-corrected chi connectivity index (χ1v) is 33.7. The zero-order chi connectivity index (χ0) is 76.2. The molecular weight excluding hydrogens is 1360 g/mol. The zero-order valence-electron chi connectivity index (χ0n) is 58.2. The number of Topliss-reactive ketones (excluding diaryl/α,β-unsaturated/α-hetero) is 1. The summed E-state index contributed by atoms with van der Waals surface area (Å²) in [5.41, 5.74) is 2.65. The Balaban J connectivity index is 0.978. The molecule has 14 atom stereocenters. The molecule has 11 N–H and O–H groups in total. The minimum absolute atomic E-state index is 0.0200. The van der Waals surface area contributed by atoms with Gasteiger partial charge in [0.15, 0.2) is 17.5 Å². The van der Waals surface area contributed by atoms with Gasteiger partial charge in [-0.25, -0.2) is 18.4 Å². The van der Waals surface area contributed by atoms with Crippen LogP contribution in [0.15, 0.2) is 126 Å². The van der Waals surface area contributed by atoms with Gasteiger partial charge in [-0.3, -0.25) is 52.7 Å². The molecule has 7 amide bonds. The Labute approximate surface area is 597 Å². The van der Waals surface area contributed by atoms with Gasteiger partial charge >= 0.3 is 29.8 Å². The van der Waals surface area contributed by atoms with E-state index in [4.69, 9.17) is 39.9 Å². The molecule has 1 heterocycles. The number of fused-ring (bicyclic) bond motifs is 5. The number of amides is 7. The summed E-state index contributed by atoms with van der Waals surface area (Å²) in [5, 5.41) is 39.0. The maximum atomic E-state index is 15.9. The molecule has 1 aliphatic heterocycles. The van der Waals surface area contributed by atoms with Crippen molar-refractivity contribution in [3.8, 4) is 0 Å². The van der Waals surface area contributed by atoms with E-state index in [2.05, 4.69) is 26.6 Å². The van der Waals surface area contributed by atoms with Crippen molar-refractivity contribution in [2.75, 3.05) is 13.2 Å². The Hall–Kier alpha value is -10.6. The number of carbonyl (C=O) groups excluding carboxylic acids is 13. The number of esters is 5. The number of nitrogens with one attached hydrogen (secondary N) is 5. The van der Waals surface area contributed by atoms with Gasteiger partial charge in [0.25, 0.3) is 5.91 Å². The van der Waals surface area contributed by atoms with Crippen molar-refractivity contribution in [3.63, 3.8) is 0 Å². The molecule has 0 radical (unpaired) electrons. The minimum atomic E-state index is -2.58. The molecule has 4 aromatic rings. The normalized spacial score (nSPS) is 24.4. The molecule has 30 heteroatoms. The van der Waals surface area contributed by atoms with E-state index in [1.165, 1.54) is 71.0 Å². The lowest BCUT2D eigenvalue weighted by Gasteiger charge is -2.67. The largest absolute Gasteiger partial charge is 0.455 e. The fraction of sp³-hybridized carbons (Fsp3) is 0.446. The summed E-state index contributed by atoms with van der Waals surface area (Å²) in [5.74, 6) is -15.7. The van der Waals surface area contributed by atoms with Crippen LogP contribution in [0, 0.1) is 28.4 Å². The lowest BCUT2D eigenvalue weighted by atomic mass is 9.44. The standard InChI is InChI=1S/C74H85F2N7O21/c1-39-51(37-74(98)64(103-69(96)46-23-15-10-16-24-46)62-72(7,52(86)36-53-73(62,38-99-53)104-42(4)85)63(91)60(100-41(3)84)58(39)71(74,5)6)101-70(97)61(59(44-19-11-8-12-20-44)83-68(95)45-21-13-9-14-22-45)102-57(90)33-32-54(87)79-34-18-17-25-49(65(77)92)81-56(89)31-29-50(66(78)93)82-67(94)40(2)80-55(88)30-27-43-26-28-47(75)35-48(43)76/h8-16,19-24,26-28,30,35,40,49-53,59-62,64,86,98H,17-18,25,29,31-34,36-38H2,1-7H3,(H2,77,92)(H2,78,93)(H,79,87)(H,80,88)(H,81,89)(H,82,94)(H,83,95)/b30-27+/t40?,49?,50-,51-,52-,53+,59-,60+,61+,62-,64-,72+,73-,74+/m0/s1. The van der Waals surface area contributed by atoms with E-state index in [0.29, 0.717) is 6.07 Å². The van der Waals surface area contributed by atoms with E-state index in [1.807, 2.05) is 0 Å². The number of carbonyl (C=O) groups is 13. The SMILES string of the molecule is CC(=O)O[C@H]1C(=O)[C@@]2(C)[C@H]([C@H](OC(=O)c3ccccc3)[C@]3(O)C[C@H](OC(=O)[C@H](OC(=O)CCC(=O)NCCCCC(NC(=O)CC[C@H](NC(=O)C(C)NC(=O)/C=C/c4ccc(F)cc4F)C(N)=O)C(N)=O)[C@@H](NC(=O)c4ccccc4)c4ccccc4)C(C)=C1C3(C)C)[C@]1(OC(C)=O)CO[C@@H]1C[C@@H]2O. The smallest absolute Gasteiger partial charge is 0.350 e. The predicted octanol–water partition coefficient (Wildman–Crippen LogP) is 3.57. The summed E-state index contributed by atoms with van der Waals surface area (Å²) in [6, 6.07) is 20.4. The molecule has 3 fully saturated rings. The third-order valence-electron chi connectivity index (χ3n) is 19.6. The summed E-state index contributed by atoms with van der Waals surface area (Å²) in [4.78, 5) is 178. The van der Waals surface area contributed by atoms with Crippen LogP contribution >= 0.6 is 0 Å². The molecule has 0 aromatic heterocycles. The lowest BCUT2D eigenvalue weighted by Crippen LogP contribution is -2.82. The first-order chi connectivity index (χ1) is 49.1. The van der Waals surface area contributed by atoms with Crippen molar-refractivity contribution in [3.05, 3.63) is 160 Å². The lowest BCUT2D eigenvalue weighted by molar-refractivity contribution is -0.346. The van der Waals surface area contributed by atoms with Gasteiger partial charge in [-0.15, -0.1) is 0 Å². The Bertz CT molecular complexity index is 4010. The monoisotopic (exact) mass is 1450 g/mol. The number of ether oxygens (including phenoxy) is 6. The number of benzene rings is 4. The molecule has 556 valence electrons. The van der Waals surface area contributed by atoms with Gasteiger partial charge in [0, 0.05) is 74.8 Å². The number of rotatable bonds is 30. The second-order valence-electron chi connectivity index (χ2n) is 26.9. The first-order valence-electron chi connectivity index (χ1n) is 33.7. The fourth-order valence-corrected chi connectivity index (χ4v) is 14.0.